The van der Waals surface area contributed by atoms with Gasteiger partial charge in [0, 0.05) is 6.42 Å². The summed E-state index contributed by atoms with van der Waals surface area (Å²) in [5.41, 5.74) is 1.70. The maximum atomic E-state index is 13.0. The second-order valence-electron chi connectivity index (χ2n) is 7.34. The third-order valence-electron chi connectivity index (χ3n) is 5.07. The van der Waals surface area contributed by atoms with Gasteiger partial charge in [-0.1, -0.05) is 80.9 Å². The second kappa shape index (κ2) is 12.4. The average Bonchev–Trinajstić information content (AvgIpc) is 2.81. The van der Waals surface area contributed by atoms with Crippen LogP contribution in [0.4, 0.5) is 4.79 Å². The van der Waals surface area contributed by atoms with E-state index in [0.717, 1.165) is 11.1 Å². The Kier molecular flexibility index (Phi) is 9.55. The van der Waals surface area contributed by atoms with Gasteiger partial charge in [-0.3, -0.25) is 4.79 Å². The quantitative estimate of drug-likeness (QED) is 0.569. The minimum atomic E-state index is -0.915. The van der Waals surface area contributed by atoms with Crippen molar-refractivity contribution in [1.29, 1.82) is 0 Å². The predicted molar refractivity (Wildman–Crippen MR) is 117 cm³/mol. The van der Waals surface area contributed by atoms with Crippen molar-refractivity contribution in [2.24, 2.45) is 5.92 Å². The molecule has 2 unspecified atom stereocenters. The molecule has 166 valence electrons. The Labute approximate surface area is 183 Å². The number of carbonyl (C=O) groups excluding carboxylic acids is 3. The molecule has 2 aromatic rings. The highest BCUT2D eigenvalue weighted by molar-refractivity contribution is 5.90. The van der Waals surface area contributed by atoms with Crippen LogP contribution in [0.5, 0.6) is 0 Å². The van der Waals surface area contributed by atoms with Crippen LogP contribution in [0.25, 0.3) is 0 Å². The lowest BCUT2D eigenvalue weighted by Crippen LogP contribution is -2.54. The molecule has 3 atom stereocenters. The lowest BCUT2D eigenvalue weighted by Gasteiger charge is -2.25. The maximum Gasteiger partial charge on any atom is 0.408 e. The lowest BCUT2D eigenvalue weighted by molar-refractivity contribution is -0.146. The van der Waals surface area contributed by atoms with Gasteiger partial charge in [0.05, 0.1) is 7.11 Å². The molecule has 2 amide bonds. The third-order valence-corrected chi connectivity index (χ3v) is 5.07. The molecule has 0 fully saturated rings. The van der Waals surface area contributed by atoms with E-state index in [1.807, 2.05) is 74.5 Å². The van der Waals surface area contributed by atoms with Crippen LogP contribution >= 0.6 is 0 Å². The van der Waals surface area contributed by atoms with Crippen molar-refractivity contribution < 1.29 is 23.9 Å². The van der Waals surface area contributed by atoms with Crippen LogP contribution in [0, 0.1) is 5.92 Å². The van der Waals surface area contributed by atoms with Gasteiger partial charge in [-0.15, -0.1) is 0 Å². The minimum absolute atomic E-state index is 0.0873. The van der Waals surface area contributed by atoms with Crippen molar-refractivity contribution >= 4 is 18.0 Å². The molecule has 0 saturated carbocycles. The van der Waals surface area contributed by atoms with Gasteiger partial charge in [0.2, 0.25) is 5.91 Å². The number of alkyl carbamates (subject to hydrolysis) is 1. The highest BCUT2D eigenvalue weighted by Gasteiger charge is 2.30. The van der Waals surface area contributed by atoms with E-state index in [-0.39, 0.29) is 18.9 Å². The van der Waals surface area contributed by atoms with Crippen molar-refractivity contribution in [2.75, 3.05) is 7.11 Å². The molecule has 0 spiro atoms. The first-order valence-electron chi connectivity index (χ1n) is 10.3. The molecule has 2 rings (SSSR count). The summed E-state index contributed by atoms with van der Waals surface area (Å²) < 4.78 is 10.1. The number of rotatable bonds is 10. The molecular formula is C24H30N2O5. The summed E-state index contributed by atoms with van der Waals surface area (Å²) in [6.07, 6.45) is 0.218. The number of hydrogen-bond donors (Lipinski definition) is 2. The van der Waals surface area contributed by atoms with Crippen molar-refractivity contribution in [3.05, 3.63) is 71.8 Å². The van der Waals surface area contributed by atoms with Gasteiger partial charge in [-0.25, -0.2) is 9.59 Å². The highest BCUT2D eigenvalue weighted by atomic mass is 16.5. The zero-order valence-corrected chi connectivity index (χ0v) is 18.2. The number of nitrogens with one attached hydrogen (secondary N) is 2. The van der Waals surface area contributed by atoms with Crippen molar-refractivity contribution in [3.63, 3.8) is 0 Å². The SMILES string of the molecule is CCC(C)[C@H](NC(=O)C(Cc1ccccc1)NC(=O)OCc1ccccc1)C(=O)OC. The predicted octanol–water partition coefficient (Wildman–Crippen LogP) is 3.23. The first-order valence-corrected chi connectivity index (χ1v) is 10.3. The molecule has 0 saturated heterocycles. The monoisotopic (exact) mass is 426 g/mol. The molecule has 0 aliphatic carbocycles. The average molecular weight is 427 g/mol. The normalized spacial score (nSPS) is 13.4. The standard InChI is InChI=1S/C24H30N2O5/c1-4-17(2)21(23(28)30-3)26-22(27)20(15-18-11-7-5-8-12-18)25-24(29)31-16-19-13-9-6-10-14-19/h5-14,17,20-21H,4,15-16H2,1-3H3,(H,25,29)(H,26,27)/t17?,20?,21-/m0/s1. The van der Waals surface area contributed by atoms with Crippen molar-refractivity contribution in [3.8, 4) is 0 Å². The fraction of sp³-hybridized carbons (Fsp3) is 0.375. The summed E-state index contributed by atoms with van der Waals surface area (Å²) >= 11 is 0. The molecule has 2 aromatic carbocycles. The van der Waals surface area contributed by atoms with Gasteiger partial charge in [0.25, 0.3) is 0 Å². The summed E-state index contributed by atoms with van der Waals surface area (Å²) in [6, 6.07) is 16.9. The van der Waals surface area contributed by atoms with Gasteiger partial charge >= 0.3 is 12.1 Å². The Morgan fingerprint density at radius 3 is 2.03 bits per heavy atom. The number of amides is 2. The molecule has 2 N–H and O–H groups in total. The summed E-state index contributed by atoms with van der Waals surface area (Å²) in [5.74, 6) is -1.12. The van der Waals surface area contributed by atoms with E-state index in [4.69, 9.17) is 9.47 Å². The van der Waals surface area contributed by atoms with Crippen LogP contribution in [-0.2, 0) is 32.1 Å². The van der Waals surface area contributed by atoms with E-state index in [2.05, 4.69) is 10.6 Å². The van der Waals surface area contributed by atoms with Crippen molar-refractivity contribution in [2.45, 2.75) is 45.4 Å². The van der Waals surface area contributed by atoms with E-state index >= 15 is 0 Å². The fourth-order valence-electron chi connectivity index (χ4n) is 3.02. The maximum absolute atomic E-state index is 13.0. The molecule has 0 heterocycles. The molecule has 7 heteroatoms. The van der Waals surface area contributed by atoms with E-state index in [1.54, 1.807) is 0 Å². The van der Waals surface area contributed by atoms with Crippen LogP contribution in [0.1, 0.15) is 31.4 Å². The van der Waals surface area contributed by atoms with Crippen molar-refractivity contribution in [1.82, 2.24) is 10.6 Å². The Balaban J connectivity index is 2.10. The van der Waals surface area contributed by atoms with Crippen LogP contribution < -0.4 is 10.6 Å². The number of esters is 1. The van der Waals surface area contributed by atoms with E-state index in [1.165, 1.54) is 7.11 Å². The van der Waals surface area contributed by atoms with Gasteiger partial charge in [-0.2, -0.15) is 0 Å². The van der Waals surface area contributed by atoms with Gasteiger partial charge < -0.3 is 20.1 Å². The van der Waals surface area contributed by atoms with Crippen LogP contribution in [0.2, 0.25) is 0 Å². The zero-order chi connectivity index (χ0) is 22.6. The first kappa shape index (κ1) is 23.9. The zero-order valence-electron chi connectivity index (χ0n) is 18.2. The number of ether oxygens (including phenoxy) is 2. The summed E-state index contributed by atoms with van der Waals surface area (Å²) in [7, 11) is 1.28. The van der Waals surface area contributed by atoms with Gasteiger partial charge in [-0.05, 0) is 17.0 Å². The van der Waals surface area contributed by atoms with Crippen LogP contribution in [0.15, 0.2) is 60.7 Å². The number of methoxy groups -OCH3 is 1. The highest BCUT2D eigenvalue weighted by Crippen LogP contribution is 2.11. The molecule has 31 heavy (non-hydrogen) atoms. The summed E-state index contributed by atoms with van der Waals surface area (Å²) in [6.45, 7) is 3.87. The van der Waals surface area contributed by atoms with E-state index in [0.29, 0.717) is 6.42 Å². The molecule has 0 radical (unpaired) electrons. The Bertz CT molecular complexity index is 842. The smallest absolute Gasteiger partial charge is 0.408 e. The Morgan fingerprint density at radius 2 is 1.48 bits per heavy atom. The lowest BCUT2D eigenvalue weighted by atomic mass is 9.98. The van der Waals surface area contributed by atoms with Gasteiger partial charge in [0.1, 0.15) is 18.7 Å². The largest absolute Gasteiger partial charge is 0.467 e. The molecule has 0 bridgehead atoms. The molecule has 7 nitrogen and oxygen atoms in total. The summed E-state index contributed by atoms with van der Waals surface area (Å²) in [5, 5.41) is 5.36. The first-order chi connectivity index (χ1) is 14.9. The number of carbonyl (C=O) groups is 3. The molecular weight excluding hydrogens is 396 g/mol. The van der Waals surface area contributed by atoms with E-state index < -0.39 is 30.1 Å². The number of hydrogen-bond acceptors (Lipinski definition) is 5. The number of benzene rings is 2. The topological polar surface area (TPSA) is 93.7 Å². The van der Waals surface area contributed by atoms with Gasteiger partial charge in [0.15, 0.2) is 0 Å². The summed E-state index contributed by atoms with van der Waals surface area (Å²) in [4.78, 5) is 37.6. The minimum Gasteiger partial charge on any atom is -0.467 e. The van der Waals surface area contributed by atoms with Crippen LogP contribution in [-0.4, -0.2) is 37.2 Å². The molecule has 0 aliphatic rings. The van der Waals surface area contributed by atoms with Crippen LogP contribution in [0.3, 0.4) is 0 Å². The second-order valence-corrected chi connectivity index (χ2v) is 7.34. The Morgan fingerprint density at radius 1 is 0.903 bits per heavy atom. The third kappa shape index (κ3) is 7.77. The fourth-order valence-corrected chi connectivity index (χ4v) is 3.02. The molecule has 0 aromatic heterocycles. The van der Waals surface area contributed by atoms with E-state index in [9.17, 15) is 14.4 Å². The molecule has 0 aliphatic heterocycles. The Hall–Kier alpha value is -3.35.